The fraction of sp³-hybridized carbons (Fsp3) is 0.167. The van der Waals surface area contributed by atoms with Gasteiger partial charge in [0.05, 0.1) is 17.4 Å². The molecule has 2 rings (SSSR count). The molecular weight excluding hydrogens is 273 g/mol. The van der Waals surface area contributed by atoms with E-state index in [0.29, 0.717) is 5.69 Å². The van der Waals surface area contributed by atoms with Gasteiger partial charge in [-0.1, -0.05) is 0 Å². The van der Waals surface area contributed by atoms with E-state index in [1.807, 2.05) is 0 Å². The number of rotatable bonds is 2. The van der Waals surface area contributed by atoms with Crippen LogP contribution in [0.2, 0.25) is 0 Å². The maximum absolute atomic E-state index is 12.7. The van der Waals surface area contributed by atoms with Gasteiger partial charge in [-0.05, 0) is 18.2 Å². The molecule has 2 aromatic rings. The highest BCUT2D eigenvalue weighted by Gasteiger charge is 2.33. The van der Waals surface area contributed by atoms with E-state index >= 15 is 0 Å². The predicted octanol–water partition coefficient (Wildman–Crippen LogP) is 2.27. The molecule has 1 heterocycles. The van der Waals surface area contributed by atoms with E-state index in [2.05, 4.69) is 10.4 Å². The van der Waals surface area contributed by atoms with E-state index < -0.39 is 23.3 Å². The van der Waals surface area contributed by atoms with Gasteiger partial charge in [0.15, 0.2) is 0 Å². The van der Waals surface area contributed by atoms with Crippen molar-refractivity contribution < 1.29 is 18.0 Å². The van der Waals surface area contributed by atoms with Crippen molar-refractivity contribution in [2.75, 3.05) is 11.1 Å². The highest BCUT2D eigenvalue weighted by atomic mass is 19.4. The number of nitrogen functional groups attached to an aromatic ring is 1. The number of carbonyl (C=O) groups is 1. The minimum absolute atomic E-state index is 0.129. The summed E-state index contributed by atoms with van der Waals surface area (Å²) < 4.78 is 39.6. The zero-order valence-electron chi connectivity index (χ0n) is 10.4. The van der Waals surface area contributed by atoms with Crippen LogP contribution < -0.4 is 11.1 Å². The van der Waals surface area contributed by atoms with Crippen molar-refractivity contribution in [2.24, 2.45) is 7.05 Å². The fourth-order valence-corrected chi connectivity index (χ4v) is 1.63. The molecule has 0 radical (unpaired) electrons. The van der Waals surface area contributed by atoms with E-state index in [4.69, 9.17) is 5.73 Å². The number of hydrogen-bond acceptors (Lipinski definition) is 3. The average molecular weight is 284 g/mol. The summed E-state index contributed by atoms with van der Waals surface area (Å²) in [5.41, 5.74) is 4.08. The molecule has 5 nitrogen and oxygen atoms in total. The minimum Gasteiger partial charge on any atom is -0.398 e. The van der Waals surface area contributed by atoms with Crippen LogP contribution in [0.4, 0.5) is 24.5 Å². The summed E-state index contributed by atoms with van der Waals surface area (Å²) in [4.78, 5) is 11.9. The number of aryl methyl sites for hydroxylation is 1. The largest absolute Gasteiger partial charge is 0.418 e. The smallest absolute Gasteiger partial charge is 0.398 e. The molecule has 20 heavy (non-hydrogen) atoms. The molecule has 1 aromatic heterocycles. The van der Waals surface area contributed by atoms with Gasteiger partial charge in [0.2, 0.25) is 0 Å². The lowest BCUT2D eigenvalue weighted by atomic mass is 10.1. The van der Waals surface area contributed by atoms with Crippen LogP contribution in [-0.2, 0) is 13.2 Å². The van der Waals surface area contributed by atoms with Crippen LogP contribution in [0.1, 0.15) is 15.9 Å². The first-order chi connectivity index (χ1) is 9.27. The Morgan fingerprint density at radius 2 is 2.10 bits per heavy atom. The molecule has 0 spiro atoms. The second kappa shape index (κ2) is 4.87. The second-order valence-corrected chi connectivity index (χ2v) is 4.16. The minimum atomic E-state index is -4.60. The molecule has 0 aliphatic rings. The summed E-state index contributed by atoms with van der Waals surface area (Å²) in [6.07, 6.45) is -1.69. The molecule has 0 saturated heterocycles. The van der Waals surface area contributed by atoms with Crippen LogP contribution in [0.25, 0.3) is 0 Å². The van der Waals surface area contributed by atoms with Crippen LogP contribution in [0.5, 0.6) is 0 Å². The Labute approximate surface area is 112 Å². The first-order valence-electron chi connectivity index (χ1n) is 5.54. The maximum Gasteiger partial charge on any atom is 0.418 e. The topological polar surface area (TPSA) is 72.9 Å². The Morgan fingerprint density at radius 1 is 1.40 bits per heavy atom. The molecule has 1 aromatic carbocycles. The van der Waals surface area contributed by atoms with E-state index in [9.17, 15) is 18.0 Å². The lowest BCUT2D eigenvalue weighted by Gasteiger charge is -2.11. The SMILES string of the molecule is Cn1cc(NC(=O)c2ccc(N)c(C(F)(F)F)c2)cn1. The van der Waals surface area contributed by atoms with Gasteiger partial charge in [-0.15, -0.1) is 0 Å². The number of hydrogen-bond donors (Lipinski definition) is 2. The lowest BCUT2D eigenvalue weighted by Crippen LogP contribution is -2.15. The normalized spacial score (nSPS) is 11.4. The summed E-state index contributed by atoms with van der Waals surface area (Å²) >= 11 is 0. The number of carbonyl (C=O) groups excluding carboxylic acids is 1. The van der Waals surface area contributed by atoms with Crippen molar-refractivity contribution in [3.63, 3.8) is 0 Å². The quantitative estimate of drug-likeness (QED) is 0.831. The van der Waals surface area contributed by atoms with E-state index in [1.54, 1.807) is 7.05 Å². The van der Waals surface area contributed by atoms with Gasteiger partial charge in [-0.25, -0.2) is 0 Å². The fourth-order valence-electron chi connectivity index (χ4n) is 1.63. The molecule has 0 atom stereocenters. The van der Waals surface area contributed by atoms with Crippen LogP contribution in [0.3, 0.4) is 0 Å². The van der Waals surface area contributed by atoms with Crippen molar-refractivity contribution in [1.82, 2.24) is 9.78 Å². The Morgan fingerprint density at radius 3 is 2.65 bits per heavy atom. The number of nitrogens with zero attached hydrogens (tertiary/aromatic N) is 2. The van der Waals surface area contributed by atoms with Gasteiger partial charge in [0.1, 0.15) is 0 Å². The molecule has 1 amide bonds. The van der Waals surface area contributed by atoms with Crippen LogP contribution >= 0.6 is 0 Å². The molecule has 8 heteroatoms. The van der Waals surface area contributed by atoms with Gasteiger partial charge in [-0.3, -0.25) is 9.48 Å². The first kappa shape index (κ1) is 13.9. The number of amides is 1. The molecule has 0 saturated carbocycles. The van der Waals surface area contributed by atoms with Gasteiger partial charge in [0, 0.05) is 24.5 Å². The molecule has 106 valence electrons. The summed E-state index contributed by atoms with van der Waals surface area (Å²) in [5, 5.41) is 6.28. The Balaban J connectivity index is 2.27. The van der Waals surface area contributed by atoms with E-state index in [0.717, 1.165) is 12.1 Å². The van der Waals surface area contributed by atoms with Gasteiger partial charge in [0.25, 0.3) is 5.91 Å². The molecular formula is C12H11F3N4O. The second-order valence-electron chi connectivity index (χ2n) is 4.16. The monoisotopic (exact) mass is 284 g/mol. The number of aromatic nitrogens is 2. The molecule has 3 N–H and O–H groups in total. The Bertz CT molecular complexity index is 648. The van der Waals surface area contributed by atoms with Crippen LogP contribution in [0.15, 0.2) is 30.6 Å². The zero-order valence-corrected chi connectivity index (χ0v) is 10.4. The van der Waals surface area contributed by atoms with E-state index in [1.165, 1.54) is 23.1 Å². The summed E-state index contributed by atoms with van der Waals surface area (Å²) in [5.74, 6) is -0.663. The standard InChI is InChI=1S/C12H11F3N4O/c1-19-6-8(5-17-19)18-11(20)7-2-3-10(16)9(4-7)12(13,14)15/h2-6H,16H2,1H3,(H,18,20). The van der Waals surface area contributed by atoms with Gasteiger partial charge < -0.3 is 11.1 Å². The molecule has 0 aliphatic heterocycles. The first-order valence-corrected chi connectivity index (χ1v) is 5.54. The Kier molecular flexibility index (Phi) is 3.39. The highest BCUT2D eigenvalue weighted by molar-refractivity contribution is 6.04. The zero-order chi connectivity index (χ0) is 14.9. The van der Waals surface area contributed by atoms with Crippen LogP contribution in [0, 0.1) is 0 Å². The molecule has 0 unspecified atom stereocenters. The molecule has 0 fully saturated rings. The number of alkyl halides is 3. The molecule has 0 bridgehead atoms. The van der Waals surface area contributed by atoms with Crippen molar-refractivity contribution in [2.45, 2.75) is 6.18 Å². The third-order valence-electron chi connectivity index (χ3n) is 2.58. The number of nitrogens with two attached hydrogens (primary N) is 1. The summed E-state index contributed by atoms with van der Waals surface area (Å²) in [6.45, 7) is 0. The highest BCUT2D eigenvalue weighted by Crippen LogP contribution is 2.34. The Hall–Kier alpha value is -2.51. The number of anilines is 2. The van der Waals surface area contributed by atoms with E-state index in [-0.39, 0.29) is 5.56 Å². The van der Waals surface area contributed by atoms with Crippen molar-refractivity contribution in [1.29, 1.82) is 0 Å². The van der Waals surface area contributed by atoms with Crippen LogP contribution in [-0.4, -0.2) is 15.7 Å². The number of benzene rings is 1. The van der Waals surface area contributed by atoms with Gasteiger partial charge in [-0.2, -0.15) is 18.3 Å². The average Bonchev–Trinajstić information content (AvgIpc) is 2.73. The van der Waals surface area contributed by atoms with Crippen molar-refractivity contribution in [3.05, 3.63) is 41.7 Å². The lowest BCUT2D eigenvalue weighted by molar-refractivity contribution is -0.136. The predicted molar refractivity (Wildman–Crippen MR) is 67.0 cm³/mol. The van der Waals surface area contributed by atoms with Gasteiger partial charge >= 0.3 is 6.18 Å². The third-order valence-corrected chi connectivity index (χ3v) is 2.58. The third kappa shape index (κ3) is 2.90. The van der Waals surface area contributed by atoms with Crippen molar-refractivity contribution >= 4 is 17.3 Å². The number of halogens is 3. The molecule has 0 aliphatic carbocycles. The summed E-state index contributed by atoms with van der Waals surface area (Å²) in [7, 11) is 1.65. The maximum atomic E-state index is 12.7. The van der Waals surface area contributed by atoms with Crippen molar-refractivity contribution in [3.8, 4) is 0 Å². The summed E-state index contributed by atoms with van der Waals surface area (Å²) in [6, 6.07) is 3.01. The number of nitrogens with one attached hydrogen (secondary N) is 1.